The lowest BCUT2D eigenvalue weighted by Crippen LogP contribution is -2.21. The number of nitrogens with one attached hydrogen (secondary N) is 4. The second-order valence-corrected chi connectivity index (χ2v) is 7.96. The smallest absolute Gasteiger partial charge is 0.273 e. The number of hydrogen-bond donors (Lipinski definition) is 4. The zero-order chi connectivity index (χ0) is 26.2. The molecule has 0 spiro atoms. The fourth-order valence-corrected chi connectivity index (χ4v) is 3.56. The van der Waals surface area contributed by atoms with Crippen LogP contribution >= 0.6 is 24.4 Å². The van der Waals surface area contributed by atoms with E-state index in [1.807, 2.05) is 0 Å². The molecule has 2 fully saturated rings. The van der Waals surface area contributed by atoms with Crippen molar-refractivity contribution in [1.29, 1.82) is 0 Å². The Bertz CT molecular complexity index is 1180. The summed E-state index contributed by atoms with van der Waals surface area (Å²) < 4.78 is 20.7. The molecule has 0 aromatic heterocycles. The van der Waals surface area contributed by atoms with Gasteiger partial charge in [-0.25, -0.2) is 0 Å². The molecule has 0 saturated carbocycles. The van der Waals surface area contributed by atoms with Crippen LogP contribution in [0.3, 0.4) is 0 Å². The molecular formula is C24H24N4O6S2. The number of hydrogen-bond acceptors (Lipinski definition) is 8. The minimum Gasteiger partial charge on any atom is -0.497 e. The van der Waals surface area contributed by atoms with Crippen LogP contribution in [0.1, 0.15) is 11.1 Å². The maximum atomic E-state index is 11.5. The van der Waals surface area contributed by atoms with Crippen LogP contribution in [-0.4, -0.2) is 50.5 Å². The van der Waals surface area contributed by atoms with Gasteiger partial charge < -0.3 is 29.6 Å². The van der Waals surface area contributed by atoms with Gasteiger partial charge >= 0.3 is 0 Å². The topological polar surface area (TPSA) is 119 Å². The van der Waals surface area contributed by atoms with E-state index in [4.69, 9.17) is 43.4 Å². The summed E-state index contributed by atoms with van der Waals surface area (Å²) in [7, 11) is 6.28. The van der Waals surface area contributed by atoms with Gasteiger partial charge in [-0.3, -0.25) is 20.2 Å². The summed E-state index contributed by atoms with van der Waals surface area (Å²) in [6.45, 7) is 0. The first-order chi connectivity index (χ1) is 17.3. The molecule has 0 radical (unpaired) electrons. The van der Waals surface area contributed by atoms with Gasteiger partial charge in [0.2, 0.25) is 0 Å². The van der Waals surface area contributed by atoms with Crippen molar-refractivity contribution < 1.29 is 28.5 Å². The Morgan fingerprint density at radius 1 is 0.611 bits per heavy atom. The van der Waals surface area contributed by atoms with Gasteiger partial charge in [0.1, 0.15) is 34.4 Å². The minimum atomic E-state index is -0.252. The molecule has 4 rings (SSSR count). The van der Waals surface area contributed by atoms with Crippen LogP contribution in [0.15, 0.2) is 47.8 Å². The number of carbonyl (C=O) groups excluding carboxylic acids is 2. The van der Waals surface area contributed by atoms with Gasteiger partial charge in [0.15, 0.2) is 10.2 Å². The summed E-state index contributed by atoms with van der Waals surface area (Å²) in [5.41, 5.74) is 2.31. The van der Waals surface area contributed by atoms with E-state index in [0.29, 0.717) is 44.6 Å². The first-order valence-corrected chi connectivity index (χ1v) is 11.2. The third kappa shape index (κ3) is 6.49. The predicted octanol–water partition coefficient (Wildman–Crippen LogP) is 2.10. The third-order valence-corrected chi connectivity index (χ3v) is 5.33. The standard InChI is InChI=1S/2C12H12N2O3S/c2*1-16-8-4-3-7(10(6-8)17-2)5-9-11(15)14-12(18)13-9/h2*3-6H,1-2H3,(H2,13,14,15,18)/b2*9-5-. The molecule has 10 nitrogen and oxygen atoms in total. The molecule has 2 aromatic carbocycles. The molecular weight excluding hydrogens is 504 g/mol. The highest BCUT2D eigenvalue weighted by Gasteiger charge is 2.21. The van der Waals surface area contributed by atoms with E-state index in [1.165, 1.54) is 0 Å². The molecule has 2 aromatic rings. The highest BCUT2D eigenvalue weighted by Crippen LogP contribution is 2.27. The van der Waals surface area contributed by atoms with Crippen molar-refractivity contribution in [3.63, 3.8) is 0 Å². The summed E-state index contributed by atoms with van der Waals surface area (Å²) in [6, 6.07) is 10.7. The number of thiocarbonyl (C=S) groups is 2. The molecule has 2 aliphatic rings. The molecule has 0 aliphatic carbocycles. The first kappa shape index (κ1) is 26.4. The number of ether oxygens (including phenoxy) is 4. The van der Waals surface area contributed by atoms with Crippen LogP contribution in [0.5, 0.6) is 23.0 Å². The Hall–Kier alpha value is -4.16. The van der Waals surface area contributed by atoms with Gasteiger partial charge in [0, 0.05) is 23.3 Å². The zero-order valence-electron chi connectivity index (χ0n) is 19.9. The van der Waals surface area contributed by atoms with Crippen molar-refractivity contribution in [2.45, 2.75) is 0 Å². The monoisotopic (exact) mass is 528 g/mol. The normalized spacial score (nSPS) is 16.4. The first-order valence-electron chi connectivity index (χ1n) is 10.4. The summed E-state index contributed by atoms with van der Waals surface area (Å²) in [6.07, 6.45) is 3.35. The zero-order valence-corrected chi connectivity index (χ0v) is 21.5. The van der Waals surface area contributed by atoms with Crippen LogP contribution in [-0.2, 0) is 9.59 Å². The quantitative estimate of drug-likeness (QED) is 0.328. The fraction of sp³-hybridized carbons (Fsp3) is 0.167. The van der Waals surface area contributed by atoms with Crippen molar-refractivity contribution in [3.05, 3.63) is 58.9 Å². The van der Waals surface area contributed by atoms with Crippen LogP contribution in [0.25, 0.3) is 12.2 Å². The average molecular weight is 529 g/mol. The van der Waals surface area contributed by atoms with Gasteiger partial charge in [-0.05, 0) is 60.9 Å². The molecule has 188 valence electrons. The molecule has 12 heteroatoms. The molecule has 0 atom stereocenters. The summed E-state index contributed by atoms with van der Waals surface area (Å²) >= 11 is 9.71. The Labute approximate surface area is 218 Å². The largest absolute Gasteiger partial charge is 0.497 e. The van der Waals surface area contributed by atoms with Crippen molar-refractivity contribution in [1.82, 2.24) is 21.3 Å². The number of benzene rings is 2. The molecule has 2 aliphatic heterocycles. The molecule has 0 bridgehead atoms. The lowest BCUT2D eigenvalue weighted by molar-refractivity contribution is -0.116. The van der Waals surface area contributed by atoms with Gasteiger partial charge in [-0.2, -0.15) is 0 Å². The van der Waals surface area contributed by atoms with Crippen LogP contribution in [0.2, 0.25) is 0 Å². The van der Waals surface area contributed by atoms with E-state index in [-0.39, 0.29) is 11.8 Å². The predicted molar refractivity (Wildman–Crippen MR) is 143 cm³/mol. The van der Waals surface area contributed by atoms with Gasteiger partial charge in [-0.1, -0.05) is 0 Å². The highest BCUT2D eigenvalue weighted by atomic mass is 32.1. The Morgan fingerprint density at radius 2 is 1.00 bits per heavy atom. The Balaban J connectivity index is 0.000000201. The fourth-order valence-electron chi connectivity index (χ4n) is 3.15. The number of rotatable bonds is 6. The number of amides is 2. The molecule has 2 heterocycles. The molecule has 0 unspecified atom stereocenters. The van der Waals surface area contributed by atoms with E-state index in [0.717, 1.165) is 11.1 Å². The Kier molecular flexibility index (Phi) is 8.81. The SMILES string of the molecule is COc1ccc(/C=C2\NC(=S)NC2=O)c(OC)c1.COc1ccc(/C=C2\NC(=S)NC2=O)c(OC)c1. The van der Waals surface area contributed by atoms with E-state index < -0.39 is 0 Å². The van der Waals surface area contributed by atoms with Gasteiger partial charge in [-0.15, -0.1) is 0 Å². The lowest BCUT2D eigenvalue weighted by atomic mass is 10.1. The van der Waals surface area contributed by atoms with Crippen molar-refractivity contribution in [2.75, 3.05) is 28.4 Å². The van der Waals surface area contributed by atoms with Crippen molar-refractivity contribution in [3.8, 4) is 23.0 Å². The summed E-state index contributed by atoms with van der Waals surface area (Å²) in [4.78, 5) is 23.0. The van der Waals surface area contributed by atoms with Crippen molar-refractivity contribution in [2.24, 2.45) is 0 Å². The third-order valence-electron chi connectivity index (χ3n) is 4.92. The second-order valence-electron chi connectivity index (χ2n) is 7.15. The van der Waals surface area contributed by atoms with Crippen molar-refractivity contribution >= 4 is 58.6 Å². The van der Waals surface area contributed by atoms with E-state index >= 15 is 0 Å². The maximum absolute atomic E-state index is 11.5. The van der Waals surface area contributed by atoms with Crippen LogP contribution in [0.4, 0.5) is 0 Å². The minimum absolute atomic E-state index is 0.252. The Morgan fingerprint density at radius 3 is 1.28 bits per heavy atom. The van der Waals surface area contributed by atoms with Gasteiger partial charge in [0.05, 0.1) is 28.4 Å². The molecule has 4 N–H and O–H groups in total. The summed E-state index contributed by atoms with van der Waals surface area (Å²) in [5.74, 6) is 2.11. The molecule has 36 heavy (non-hydrogen) atoms. The van der Waals surface area contributed by atoms with Crippen LogP contribution in [0, 0.1) is 0 Å². The number of carbonyl (C=O) groups is 2. The molecule has 2 saturated heterocycles. The van der Waals surface area contributed by atoms with Gasteiger partial charge in [0.25, 0.3) is 11.8 Å². The van der Waals surface area contributed by atoms with E-state index in [9.17, 15) is 9.59 Å². The average Bonchev–Trinajstić information content (AvgIpc) is 3.37. The van der Waals surface area contributed by atoms with E-state index in [2.05, 4.69) is 21.3 Å². The lowest BCUT2D eigenvalue weighted by Gasteiger charge is -2.07. The number of methoxy groups -OCH3 is 4. The highest BCUT2D eigenvalue weighted by molar-refractivity contribution is 7.80. The second kappa shape index (κ2) is 12.0. The summed E-state index contributed by atoms with van der Waals surface area (Å²) in [5, 5.41) is 11.2. The molecule has 2 amide bonds. The van der Waals surface area contributed by atoms with Crippen LogP contribution < -0.4 is 40.2 Å². The van der Waals surface area contributed by atoms with E-state index in [1.54, 1.807) is 77.0 Å². The maximum Gasteiger partial charge on any atom is 0.273 e.